The van der Waals surface area contributed by atoms with Gasteiger partial charge in [0.25, 0.3) is 0 Å². The summed E-state index contributed by atoms with van der Waals surface area (Å²) in [4.78, 5) is 0. The number of hydrogen-bond donors (Lipinski definition) is 0. The molecule has 0 aromatic heterocycles. The first kappa shape index (κ1) is 9.11. The van der Waals surface area contributed by atoms with Crippen LogP contribution in [0.3, 0.4) is 0 Å². The zero-order chi connectivity index (χ0) is 9.14. The zero-order valence-electron chi connectivity index (χ0n) is 7.60. The molecule has 0 atom stereocenters. The normalized spacial score (nSPS) is 10.7. The van der Waals surface area contributed by atoms with Crippen LogP contribution < -0.4 is 0 Å². The average molecular weight is 165 g/mol. The molecule has 0 amide bonds. The molecule has 0 aliphatic carbocycles. The summed E-state index contributed by atoms with van der Waals surface area (Å²) >= 11 is 0. The van der Waals surface area contributed by atoms with Crippen molar-refractivity contribution in [2.45, 2.75) is 20.3 Å². The van der Waals surface area contributed by atoms with Crippen molar-refractivity contribution in [1.82, 2.24) is 0 Å². The van der Waals surface area contributed by atoms with E-state index in [9.17, 15) is 4.39 Å². The summed E-state index contributed by atoms with van der Waals surface area (Å²) < 4.78 is 13.1. The molecule has 66 valence electrons. The predicted molar refractivity (Wildman–Crippen MR) is 49.4 cm³/mol. The summed E-state index contributed by atoms with van der Waals surface area (Å²) in [6, 6.07) is 4.99. The van der Waals surface area contributed by atoms with Crippen molar-refractivity contribution < 1.29 is 4.39 Å². The van der Waals surface area contributed by atoms with Crippen molar-refractivity contribution in [1.29, 1.82) is 0 Å². The lowest BCUT2D eigenvalue weighted by Crippen LogP contribution is -1.97. The van der Waals surface area contributed by atoms with Gasteiger partial charge in [0.2, 0.25) is 0 Å². The van der Waals surface area contributed by atoms with Crippen molar-refractivity contribution in [3.05, 3.63) is 42.1 Å². The molecule has 0 radical (unpaired) electrons. The molecule has 0 fully saturated rings. The summed E-state index contributed by atoms with van der Waals surface area (Å²) in [5.74, 6) is 0.373. The topological polar surface area (TPSA) is 0 Å². The number of halogens is 1. The molecule has 1 heteroatoms. The average Bonchev–Trinajstić information content (AvgIpc) is 1.96. The van der Waals surface area contributed by atoms with Gasteiger partial charge < -0.3 is 0 Å². The molecule has 0 saturated heterocycles. The molecule has 1 aromatic carbocycles. The van der Waals surface area contributed by atoms with E-state index >= 15 is 0 Å². The molecule has 12 heavy (non-hydrogen) atoms. The van der Waals surface area contributed by atoms with Crippen LogP contribution in [0, 0.1) is 18.7 Å². The first-order valence-electron chi connectivity index (χ1n) is 4.20. The van der Waals surface area contributed by atoms with Crippen molar-refractivity contribution in [2.75, 3.05) is 0 Å². The van der Waals surface area contributed by atoms with Gasteiger partial charge in [0.05, 0.1) is 0 Å². The Hall–Kier alpha value is -0.980. The van der Waals surface area contributed by atoms with Gasteiger partial charge in [-0.2, -0.15) is 24.6 Å². The number of rotatable bonds is 2. The Balaban J connectivity index is 2.90. The monoisotopic (exact) mass is 165 g/mol. The first-order valence-corrected chi connectivity index (χ1v) is 4.20. The molecule has 0 saturated carbocycles. The summed E-state index contributed by atoms with van der Waals surface area (Å²) in [6.45, 7) is 7.92. The van der Waals surface area contributed by atoms with Gasteiger partial charge >= 0.3 is 0 Å². The van der Waals surface area contributed by atoms with Gasteiger partial charge in [0.1, 0.15) is 5.82 Å². The van der Waals surface area contributed by atoms with Gasteiger partial charge in [-0.15, -0.1) is 0 Å². The van der Waals surface area contributed by atoms with Gasteiger partial charge in [0.15, 0.2) is 0 Å². The standard InChI is InChI=1S/C11H14F/c1-8(2)6-10-7-9(3)4-5-11(10)12/h4-5,7-8H,3,6H2,1-2H3/q-1. The van der Waals surface area contributed by atoms with E-state index in [0.29, 0.717) is 5.92 Å². The van der Waals surface area contributed by atoms with Crippen molar-refractivity contribution in [3.63, 3.8) is 0 Å². The fourth-order valence-electron chi connectivity index (χ4n) is 1.22. The third-order valence-electron chi connectivity index (χ3n) is 1.74. The summed E-state index contributed by atoms with van der Waals surface area (Å²) in [5, 5.41) is 0. The minimum absolute atomic E-state index is 0.115. The van der Waals surface area contributed by atoms with E-state index in [4.69, 9.17) is 0 Å². The molecule has 0 spiro atoms. The molecule has 0 unspecified atom stereocenters. The van der Waals surface area contributed by atoms with Crippen LogP contribution in [0.4, 0.5) is 4.39 Å². The lowest BCUT2D eigenvalue weighted by atomic mass is 10.0. The van der Waals surface area contributed by atoms with Gasteiger partial charge in [0, 0.05) is 0 Å². The smallest absolute Gasteiger partial charge is 0.102 e. The Morgan fingerprint density at radius 3 is 2.67 bits per heavy atom. The van der Waals surface area contributed by atoms with Gasteiger partial charge in [-0.25, -0.2) is 4.39 Å². The second-order valence-corrected chi connectivity index (χ2v) is 3.52. The van der Waals surface area contributed by atoms with Crippen LogP contribution in [0.15, 0.2) is 18.2 Å². The van der Waals surface area contributed by atoms with Gasteiger partial charge in [-0.1, -0.05) is 25.5 Å². The van der Waals surface area contributed by atoms with Crippen LogP contribution >= 0.6 is 0 Å². The lowest BCUT2D eigenvalue weighted by Gasteiger charge is -2.11. The molecule has 1 aromatic rings. The molecule has 0 N–H and O–H groups in total. The van der Waals surface area contributed by atoms with Crippen LogP contribution in [0.1, 0.15) is 25.0 Å². The van der Waals surface area contributed by atoms with Crippen LogP contribution in [-0.4, -0.2) is 0 Å². The quantitative estimate of drug-likeness (QED) is 0.590. The zero-order valence-corrected chi connectivity index (χ0v) is 7.60. The number of hydrogen-bond acceptors (Lipinski definition) is 0. The summed E-state index contributed by atoms with van der Waals surface area (Å²) in [7, 11) is 0. The molecular weight excluding hydrogens is 151 g/mol. The maximum Gasteiger partial charge on any atom is 0.102 e. The van der Waals surface area contributed by atoms with Crippen molar-refractivity contribution in [2.24, 2.45) is 5.92 Å². The highest BCUT2D eigenvalue weighted by atomic mass is 19.1. The molecule has 0 nitrogen and oxygen atoms in total. The fraction of sp³-hybridized carbons (Fsp3) is 0.364. The second-order valence-electron chi connectivity index (χ2n) is 3.52. The highest BCUT2D eigenvalue weighted by molar-refractivity contribution is 5.27. The third kappa shape index (κ3) is 2.26. The minimum Gasteiger partial charge on any atom is -0.209 e. The molecular formula is C11H14F-. The van der Waals surface area contributed by atoms with E-state index in [1.54, 1.807) is 6.07 Å². The Kier molecular flexibility index (Phi) is 2.74. The van der Waals surface area contributed by atoms with Crippen LogP contribution in [0.25, 0.3) is 0 Å². The summed E-state index contributed by atoms with van der Waals surface area (Å²) in [6.07, 6.45) is 0.787. The predicted octanol–water partition coefficient (Wildman–Crippen LogP) is 3.21. The second kappa shape index (κ2) is 3.61. The van der Waals surface area contributed by atoms with E-state index in [0.717, 1.165) is 17.5 Å². The first-order chi connectivity index (χ1) is 5.59. The van der Waals surface area contributed by atoms with Crippen LogP contribution in [0.2, 0.25) is 0 Å². The van der Waals surface area contributed by atoms with E-state index in [2.05, 4.69) is 20.8 Å². The van der Waals surface area contributed by atoms with Crippen molar-refractivity contribution >= 4 is 0 Å². The molecule has 0 bridgehead atoms. The molecule has 0 aliphatic heterocycles. The summed E-state index contributed by atoms with van der Waals surface area (Å²) in [5.41, 5.74) is 1.66. The lowest BCUT2D eigenvalue weighted by molar-refractivity contribution is 0.574. The fourth-order valence-corrected chi connectivity index (χ4v) is 1.22. The highest BCUT2D eigenvalue weighted by Gasteiger charge is 1.99. The van der Waals surface area contributed by atoms with E-state index in [1.807, 2.05) is 6.07 Å². The van der Waals surface area contributed by atoms with Crippen LogP contribution in [-0.2, 0) is 6.42 Å². The van der Waals surface area contributed by atoms with Crippen molar-refractivity contribution in [3.8, 4) is 0 Å². The molecule has 0 heterocycles. The van der Waals surface area contributed by atoms with E-state index in [1.165, 1.54) is 6.07 Å². The van der Waals surface area contributed by atoms with Crippen LogP contribution in [0.5, 0.6) is 0 Å². The largest absolute Gasteiger partial charge is 0.209 e. The van der Waals surface area contributed by atoms with E-state index < -0.39 is 0 Å². The Morgan fingerprint density at radius 1 is 1.42 bits per heavy atom. The molecule has 1 rings (SSSR count). The Bertz CT molecular complexity index is 264. The number of benzene rings is 1. The Labute approximate surface area is 73.4 Å². The SMILES string of the molecule is [CH2-]c1ccc(F)c(CC(C)C)c1. The Morgan fingerprint density at radius 2 is 2.08 bits per heavy atom. The van der Waals surface area contributed by atoms with Gasteiger partial charge in [-0.05, 0) is 12.3 Å². The maximum atomic E-state index is 13.1. The van der Waals surface area contributed by atoms with Gasteiger partial charge in [-0.3, -0.25) is 0 Å². The maximum absolute atomic E-state index is 13.1. The third-order valence-corrected chi connectivity index (χ3v) is 1.74. The van der Waals surface area contributed by atoms with E-state index in [-0.39, 0.29) is 5.82 Å². The molecule has 0 aliphatic rings. The highest BCUT2D eigenvalue weighted by Crippen LogP contribution is 2.14. The minimum atomic E-state index is -0.115.